The summed E-state index contributed by atoms with van der Waals surface area (Å²) in [6.07, 6.45) is 2.90. The van der Waals surface area contributed by atoms with Crippen molar-refractivity contribution in [2.45, 2.75) is 6.92 Å². The van der Waals surface area contributed by atoms with E-state index < -0.39 is 10.0 Å². The van der Waals surface area contributed by atoms with Crippen LogP contribution in [0.2, 0.25) is 0 Å². The van der Waals surface area contributed by atoms with E-state index in [0.29, 0.717) is 37.8 Å². The smallest absolute Gasteiger partial charge is 0.222 e. The molecule has 0 unspecified atom stereocenters. The van der Waals surface area contributed by atoms with Gasteiger partial charge in [-0.3, -0.25) is 0 Å². The third-order valence-electron chi connectivity index (χ3n) is 4.17. The zero-order valence-corrected chi connectivity index (χ0v) is 15.0. The van der Waals surface area contributed by atoms with Gasteiger partial charge in [-0.05, 0) is 19.1 Å². The van der Waals surface area contributed by atoms with Crippen molar-refractivity contribution in [3.63, 3.8) is 0 Å². The number of aromatic nitrogens is 3. The summed E-state index contributed by atoms with van der Waals surface area (Å²) in [4.78, 5) is 14.8. The molecule has 25 heavy (non-hydrogen) atoms. The molecule has 1 fully saturated rings. The van der Waals surface area contributed by atoms with E-state index in [4.69, 9.17) is 11.5 Å². The molecule has 1 aliphatic heterocycles. The fraction of sp³-hybridized carbons (Fsp3) is 0.400. The van der Waals surface area contributed by atoms with Crippen LogP contribution in [0.3, 0.4) is 0 Å². The summed E-state index contributed by atoms with van der Waals surface area (Å²) in [5.74, 6) is 1.30. The van der Waals surface area contributed by atoms with Gasteiger partial charge in [0.2, 0.25) is 16.0 Å². The number of nitrogens with zero attached hydrogens (tertiary/aromatic N) is 5. The first-order chi connectivity index (χ1) is 11.8. The average molecular weight is 363 g/mol. The fourth-order valence-corrected chi connectivity index (χ4v) is 3.76. The molecule has 3 rings (SSSR count). The molecular formula is C15H21N7O2S. The first-order valence-electron chi connectivity index (χ1n) is 7.82. The van der Waals surface area contributed by atoms with Crippen LogP contribution in [0.4, 0.5) is 17.6 Å². The van der Waals surface area contributed by atoms with Crippen LogP contribution in [0.5, 0.6) is 0 Å². The molecule has 0 amide bonds. The van der Waals surface area contributed by atoms with Gasteiger partial charge in [-0.2, -0.15) is 9.29 Å². The second-order valence-electron chi connectivity index (χ2n) is 5.99. The number of rotatable bonds is 3. The molecule has 0 spiro atoms. The molecule has 1 aliphatic rings. The topological polar surface area (TPSA) is 131 Å². The second-order valence-corrected chi connectivity index (χ2v) is 7.97. The van der Waals surface area contributed by atoms with Gasteiger partial charge in [0.1, 0.15) is 11.6 Å². The van der Waals surface area contributed by atoms with Gasteiger partial charge in [0.05, 0.1) is 11.9 Å². The maximum Gasteiger partial charge on any atom is 0.222 e. The highest BCUT2D eigenvalue weighted by atomic mass is 32.2. The van der Waals surface area contributed by atoms with Gasteiger partial charge in [-0.25, -0.2) is 18.4 Å². The molecule has 0 radical (unpaired) electrons. The van der Waals surface area contributed by atoms with Crippen LogP contribution in [-0.4, -0.2) is 60.1 Å². The number of sulfonamides is 1. The maximum absolute atomic E-state index is 11.7. The van der Waals surface area contributed by atoms with Crippen molar-refractivity contribution in [1.82, 2.24) is 19.3 Å². The molecule has 0 atom stereocenters. The van der Waals surface area contributed by atoms with Gasteiger partial charge in [-0.1, -0.05) is 0 Å². The van der Waals surface area contributed by atoms with E-state index in [9.17, 15) is 8.42 Å². The van der Waals surface area contributed by atoms with Crippen molar-refractivity contribution in [3.8, 4) is 11.1 Å². The van der Waals surface area contributed by atoms with Gasteiger partial charge in [0, 0.05) is 43.5 Å². The number of nitrogen functional groups attached to an aromatic ring is 2. The highest BCUT2D eigenvalue weighted by Gasteiger charge is 2.26. The summed E-state index contributed by atoms with van der Waals surface area (Å²) < 4.78 is 24.9. The number of aryl methyl sites for hydroxylation is 1. The Labute approximate surface area is 146 Å². The zero-order valence-electron chi connectivity index (χ0n) is 14.2. The number of hydrogen-bond donors (Lipinski definition) is 2. The van der Waals surface area contributed by atoms with Crippen molar-refractivity contribution < 1.29 is 8.42 Å². The van der Waals surface area contributed by atoms with E-state index in [1.54, 1.807) is 12.3 Å². The molecule has 0 aliphatic carbocycles. The van der Waals surface area contributed by atoms with Crippen molar-refractivity contribution in [3.05, 3.63) is 24.0 Å². The van der Waals surface area contributed by atoms with Crippen LogP contribution >= 0.6 is 0 Å². The first kappa shape index (κ1) is 17.4. The Morgan fingerprint density at radius 2 is 1.76 bits per heavy atom. The van der Waals surface area contributed by atoms with Crippen molar-refractivity contribution in [1.29, 1.82) is 0 Å². The summed E-state index contributed by atoms with van der Waals surface area (Å²) in [6.45, 7) is 3.72. The van der Waals surface area contributed by atoms with Crippen LogP contribution in [-0.2, 0) is 10.0 Å². The number of anilines is 3. The highest BCUT2D eigenvalue weighted by Crippen LogP contribution is 2.32. The molecule has 10 heteroatoms. The summed E-state index contributed by atoms with van der Waals surface area (Å²) >= 11 is 0. The molecule has 0 bridgehead atoms. The van der Waals surface area contributed by atoms with Crippen LogP contribution < -0.4 is 16.4 Å². The molecule has 2 aromatic rings. The zero-order chi connectivity index (χ0) is 18.2. The molecule has 1 saturated heterocycles. The fourth-order valence-electron chi connectivity index (χ4n) is 2.93. The Morgan fingerprint density at radius 1 is 1.08 bits per heavy atom. The van der Waals surface area contributed by atoms with Gasteiger partial charge >= 0.3 is 0 Å². The molecule has 4 N–H and O–H groups in total. The van der Waals surface area contributed by atoms with Gasteiger partial charge < -0.3 is 16.4 Å². The van der Waals surface area contributed by atoms with Gasteiger partial charge in [-0.15, -0.1) is 0 Å². The molecular weight excluding hydrogens is 342 g/mol. The Kier molecular flexibility index (Phi) is 4.48. The predicted octanol–water partition coefficient (Wildman–Crippen LogP) is 0.0930. The molecule has 3 heterocycles. The number of pyridine rings is 1. The Bertz CT molecular complexity index is 875. The minimum Gasteiger partial charge on any atom is -0.384 e. The quantitative estimate of drug-likeness (QED) is 0.784. The Balaban J connectivity index is 1.98. The Morgan fingerprint density at radius 3 is 2.32 bits per heavy atom. The summed E-state index contributed by atoms with van der Waals surface area (Å²) in [6, 6.07) is 3.58. The van der Waals surface area contributed by atoms with Crippen LogP contribution in [0.15, 0.2) is 18.3 Å². The lowest BCUT2D eigenvalue weighted by Crippen LogP contribution is -2.48. The SMILES string of the molecule is Cc1nc(N)nc(N2CCN(S(C)(=O)=O)CC2)c1-c1ccc(N)nc1. The van der Waals surface area contributed by atoms with Crippen LogP contribution in [0, 0.1) is 6.92 Å². The lowest BCUT2D eigenvalue weighted by atomic mass is 10.1. The van der Waals surface area contributed by atoms with E-state index in [0.717, 1.165) is 16.8 Å². The van der Waals surface area contributed by atoms with Crippen molar-refractivity contribution >= 4 is 27.6 Å². The normalized spacial score (nSPS) is 16.2. The molecule has 134 valence electrons. The third-order valence-corrected chi connectivity index (χ3v) is 5.47. The van der Waals surface area contributed by atoms with Crippen LogP contribution in [0.1, 0.15) is 5.69 Å². The highest BCUT2D eigenvalue weighted by molar-refractivity contribution is 7.88. The number of nitrogens with two attached hydrogens (primary N) is 2. The Hall–Kier alpha value is -2.46. The largest absolute Gasteiger partial charge is 0.384 e. The minimum absolute atomic E-state index is 0.185. The van der Waals surface area contributed by atoms with Crippen molar-refractivity contribution in [2.75, 3.05) is 48.8 Å². The van der Waals surface area contributed by atoms with Gasteiger partial charge in [0.25, 0.3) is 0 Å². The standard InChI is InChI=1S/C15H21N7O2S/c1-10-13(11-3-4-12(16)18-9-11)14(20-15(17)19-10)21-5-7-22(8-6-21)25(2,23)24/h3-4,9H,5-8H2,1-2H3,(H2,16,18)(H2,17,19,20). The maximum atomic E-state index is 11.7. The monoisotopic (exact) mass is 363 g/mol. The average Bonchev–Trinajstić information content (AvgIpc) is 2.55. The summed E-state index contributed by atoms with van der Waals surface area (Å²) in [7, 11) is -3.19. The van der Waals surface area contributed by atoms with E-state index in [2.05, 4.69) is 15.0 Å². The molecule has 2 aromatic heterocycles. The predicted molar refractivity (Wildman–Crippen MR) is 97.5 cm³/mol. The van der Waals surface area contributed by atoms with E-state index >= 15 is 0 Å². The molecule has 0 saturated carbocycles. The van der Waals surface area contributed by atoms with Gasteiger partial charge in [0.15, 0.2) is 0 Å². The van der Waals surface area contributed by atoms with Crippen LogP contribution in [0.25, 0.3) is 11.1 Å². The van der Waals surface area contributed by atoms with E-state index in [1.165, 1.54) is 10.6 Å². The second kappa shape index (κ2) is 6.45. The lowest BCUT2D eigenvalue weighted by molar-refractivity contribution is 0.387. The first-order valence-corrected chi connectivity index (χ1v) is 9.66. The summed E-state index contributed by atoms with van der Waals surface area (Å²) in [5.41, 5.74) is 13.9. The lowest BCUT2D eigenvalue weighted by Gasteiger charge is -2.35. The van der Waals surface area contributed by atoms with E-state index in [1.807, 2.05) is 17.9 Å². The third kappa shape index (κ3) is 3.64. The minimum atomic E-state index is -3.19. The number of hydrogen-bond acceptors (Lipinski definition) is 8. The molecule has 0 aromatic carbocycles. The summed E-state index contributed by atoms with van der Waals surface area (Å²) in [5, 5.41) is 0. The van der Waals surface area contributed by atoms with E-state index in [-0.39, 0.29) is 5.95 Å². The number of piperazine rings is 1. The van der Waals surface area contributed by atoms with Crippen molar-refractivity contribution in [2.24, 2.45) is 0 Å². The molecule has 9 nitrogen and oxygen atoms in total.